The van der Waals surface area contributed by atoms with Crippen molar-refractivity contribution in [2.75, 3.05) is 43.1 Å². The molecule has 4 rings (SSSR count). The fourth-order valence-electron chi connectivity index (χ4n) is 3.73. The largest absolute Gasteiger partial charge is 0.377 e. The normalized spacial score (nSPS) is 23.1. The van der Waals surface area contributed by atoms with E-state index < -0.39 is 0 Å². The summed E-state index contributed by atoms with van der Waals surface area (Å²) in [7, 11) is 1.67. The van der Waals surface area contributed by atoms with Crippen LogP contribution in [0.15, 0.2) is 6.33 Å². The molecule has 0 aliphatic carbocycles. The van der Waals surface area contributed by atoms with Crippen LogP contribution in [0.4, 0.5) is 10.9 Å². The second kappa shape index (κ2) is 6.25. The lowest BCUT2D eigenvalue weighted by Crippen LogP contribution is -2.29. The first kappa shape index (κ1) is 15.7. The number of nitrogens with zero attached hydrogens (tertiary/aromatic N) is 6. The summed E-state index contributed by atoms with van der Waals surface area (Å²) < 4.78 is 9.47. The molecule has 4 heterocycles. The van der Waals surface area contributed by atoms with Gasteiger partial charge >= 0.3 is 0 Å². The Morgan fingerprint density at radius 1 is 1.12 bits per heavy atom. The highest BCUT2D eigenvalue weighted by Crippen LogP contribution is 2.36. The van der Waals surface area contributed by atoms with Gasteiger partial charge < -0.3 is 14.5 Å². The molecule has 0 saturated carbocycles. The van der Waals surface area contributed by atoms with Crippen molar-refractivity contribution in [3.8, 4) is 0 Å². The summed E-state index contributed by atoms with van der Waals surface area (Å²) in [5.74, 6) is 3.20. The van der Waals surface area contributed by atoms with E-state index >= 15 is 0 Å². The quantitative estimate of drug-likeness (QED) is 0.834. The van der Waals surface area contributed by atoms with Gasteiger partial charge in [0.05, 0.1) is 0 Å². The summed E-state index contributed by atoms with van der Waals surface area (Å²) in [4.78, 5) is 18.2. The number of hydrogen-bond donors (Lipinski definition) is 0. The van der Waals surface area contributed by atoms with E-state index in [9.17, 15) is 0 Å². The minimum Gasteiger partial charge on any atom is -0.377 e. The highest BCUT2D eigenvalue weighted by Gasteiger charge is 2.41. The predicted molar refractivity (Wildman–Crippen MR) is 93.5 cm³/mol. The summed E-state index contributed by atoms with van der Waals surface area (Å²) in [5, 5.41) is 1.03. The molecule has 2 aromatic heterocycles. The molecule has 0 radical (unpaired) electrons. The lowest BCUT2D eigenvalue weighted by molar-refractivity contribution is 0.179. The van der Waals surface area contributed by atoms with Crippen LogP contribution >= 0.6 is 11.5 Å². The molecule has 7 nitrogen and oxygen atoms in total. The van der Waals surface area contributed by atoms with Gasteiger partial charge in [0.2, 0.25) is 5.13 Å². The predicted octanol–water partition coefficient (Wildman–Crippen LogP) is 1.66. The van der Waals surface area contributed by atoms with E-state index in [1.165, 1.54) is 17.1 Å². The second-order valence-electron chi connectivity index (χ2n) is 6.66. The van der Waals surface area contributed by atoms with Gasteiger partial charge in [-0.15, -0.1) is 0 Å². The molecule has 0 amide bonds. The van der Waals surface area contributed by atoms with Gasteiger partial charge in [-0.25, -0.2) is 15.0 Å². The van der Waals surface area contributed by atoms with Gasteiger partial charge in [0.15, 0.2) is 5.82 Å². The molecule has 0 aromatic carbocycles. The van der Waals surface area contributed by atoms with Gasteiger partial charge in [-0.3, -0.25) is 0 Å². The van der Waals surface area contributed by atoms with E-state index in [1.54, 1.807) is 13.4 Å². The number of aromatic nitrogens is 4. The Bertz CT molecular complexity index is 721. The molecule has 0 bridgehead atoms. The molecule has 0 spiro atoms. The zero-order valence-corrected chi connectivity index (χ0v) is 15.1. The number of aryl methyl sites for hydroxylation is 1. The lowest BCUT2D eigenvalue weighted by atomic mass is 10.0. The van der Waals surface area contributed by atoms with Crippen molar-refractivity contribution in [2.24, 2.45) is 11.8 Å². The lowest BCUT2D eigenvalue weighted by Gasteiger charge is -2.23. The Balaban J connectivity index is 1.44. The standard InChI is InChI=1S/C16H22N6OS/c1-10-11(2)17-9-18-15(10)21-4-12-6-22(7-13(12)5-21)16-19-14(8-23-3)20-24-16/h9,12-13H,4-8H2,1-3H3. The minimum atomic E-state index is 0.483. The summed E-state index contributed by atoms with van der Waals surface area (Å²) >= 11 is 1.48. The Morgan fingerprint density at radius 2 is 1.83 bits per heavy atom. The van der Waals surface area contributed by atoms with Gasteiger partial charge in [-0.2, -0.15) is 4.37 Å². The van der Waals surface area contributed by atoms with Crippen LogP contribution < -0.4 is 9.80 Å². The molecular weight excluding hydrogens is 324 g/mol. The van der Waals surface area contributed by atoms with E-state index in [-0.39, 0.29) is 0 Å². The van der Waals surface area contributed by atoms with Gasteiger partial charge in [0.25, 0.3) is 0 Å². The van der Waals surface area contributed by atoms with Crippen LogP contribution in [-0.2, 0) is 11.3 Å². The molecule has 128 valence electrons. The topological polar surface area (TPSA) is 67.3 Å². The third-order valence-electron chi connectivity index (χ3n) is 5.10. The maximum atomic E-state index is 5.11. The summed E-state index contributed by atoms with van der Waals surface area (Å²) in [5.41, 5.74) is 2.26. The van der Waals surface area contributed by atoms with Crippen LogP contribution in [0.1, 0.15) is 17.1 Å². The highest BCUT2D eigenvalue weighted by molar-refractivity contribution is 7.09. The minimum absolute atomic E-state index is 0.483. The average Bonchev–Trinajstić information content (AvgIpc) is 3.24. The second-order valence-corrected chi connectivity index (χ2v) is 7.39. The first-order valence-corrected chi connectivity index (χ1v) is 9.02. The van der Waals surface area contributed by atoms with Crippen LogP contribution in [0.5, 0.6) is 0 Å². The Morgan fingerprint density at radius 3 is 2.54 bits per heavy atom. The van der Waals surface area contributed by atoms with Crippen LogP contribution in [0, 0.1) is 25.7 Å². The first-order valence-electron chi connectivity index (χ1n) is 8.25. The fraction of sp³-hybridized carbons (Fsp3) is 0.625. The molecule has 2 fully saturated rings. The van der Waals surface area contributed by atoms with E-state index in [2.05, 4.69) is 36.0 Å². The Hall–Kier alpha value is -1.80. The Kier molecular flexibility index (Phi) is 4.09. The molecule has 2 aromatic rings. The van der Waals surface area contributed by atoms with Crippen LogP contribution in [-0.4, -0.2) is 52.6 Å². The molecule has 2 unspecified atom stereocenters. The summed E-state index contributed by atoms with van der Waals surface area (Å²) in [6.07, 6.45) is 1.68. The third-order valence-corrected chi connectivity index (χ3v) is 5.91. The number of methoxy groups -OCH3 is 1. The van der Waals surface area contributed by atoms with E-state index in [1.807, 2.05) is 6.92 Å². The molecule has 2 aliphatic heterocycles. The first-order chi connectivity index (χ1) is 11.7. The summed E-state index contributed by atoms with van der Waals surface area (Å²) in [6, 6.07) is 0. The van der Waals surface area contributed by atoms with Crippen molar-refractivity contribution in [3.05, 3.63) is 23.4 Å². The van der Waals surface area contributed by atoms with Crippen LogP contribution in [0.3, 0.4) is 0 Å². The van der Waals surface area contributed by atoms with E-state index in [0.29, 0.717) is 18.4 Å². The number of hydrogen-bond acceptors (Lipinski definition) is 8. The SMILES string of the molecule is COCc1nsc(N2CC3CN(c4ncnc(C)c4C)CC3C2)n1. The van der Waals surface area contributed by atoms with Crippen molar-refractivity contribution in [1.82, 2.24) is 19.3 Å². The van der Waals surface area contributed by atoms with Crippen molar-refractivity contribution >= 4 is 22.5 Å². The number of rotatable bonds is 4. The molecule has 24 heavy (non-hydrogen) atoms. The molecular formula is C16H22N6OS. The van der Waals surface area contributed by atoms with E-state index in [4.69, 9.17) is 4.74 Å². The molecule has 2 saturated heterocycles. The fourth-order valence-corrected chi connectivity index (χ4v) is 4.42. The third kappa shape index (κ3) is 2.73. The smallest absolute Gasteiger partial charge is 0.205 e. The van der Waals surface area contributed by atoms with Gasteiger partial charge in [-0.05, 0) is 13.8 Å². The van der Waals surface area contributed by atoms with Crippen molar-refractivity contribution in [2.45, 2.75) is 20.5 Å². The number of ether oxygens (including phenoxy) is 1. The zero-order valence-electron chi connectivity index (χ0n) is 14.3. The van der Waals surface area contributed by atoms with Gasteiger partial charge in [0.1, 0.15) is 18.8 Å². The number of fused-ring (bicyclic) bond motifs is 1. The number of anilines is 2. The van der Waals surface area contributed by atoms with Crippen LogP contribution in [0.25, 0.3) is 0 Å². The zero-order chi connectivity index (χ0) is 16.7. The molecule has 8 heteroatoms. The molecule has 2 aliphatic rings. The molecule has 0 N–H and O–H groups in total. The van der Waals surface area contributed by atoms with Crippen LogP contribution in [0.2, 0.25) is 0 Å². The summed E-state index contributed by atoms with van der Waals surface area (Å²) in [6.45, 7) is 8.86. The van der Waals surface area contributed by atoms with Crippen molar-refractivity contribution in [3.63, 3.8) is 0 Å². The molecule has 2 atom stereocenters. The van der Waals surface area contributed by atoms with Crippen molar-refractivity contribution < 1.29 is 4.74 Å². The average molecular weight is 346 g/mol. The van der Waals surface area contributed by atoms with Crippen molar-refractivity contribution in [1.29, 1.82) is 0 Å². The van der Waals surface area contributed by atoms with Gasteiger partial charge in [0, 0.05) is 67.9 Å². The maximum absolute atomic E-state index is 5.11. The van der Waals surface area contributed by atoms with Gasteiger partial charge in [-0.1, -0.05) is 0 Å². The monoisotopic (exact) mass is 346 g/mol. The van der Waals surface area contributed by atoms with E-state index in [0.717, 1.165) is 48.6 Å². The Labute approximate surface area is 145 Å². The highest BCUT2D eigenvalue weighted by atomic mass is 32.1. The maximum Gasteiger partial charge on any atom is 0.205 e.